The van der Waals surface area contributed by atoms with Gasteiger partial charge < -0.3 is 19.8 Å². The molecule has 1 rings (SSSR count). The fourth-order valence-electron chi connectivity index (χ4n) is 1.40. The van der Waals surface area contributed by atoms with Gasteiger partial charge in [0.15, 0.2) is 11.7 Å². The van der Waals surface area contributed by atoms with Gasteiger partial charge in [0.2, 0.25) is 0 Å². The van der Waals surface area contributed by atoms with Crippen molar-refractivity contribution in [2.45, 2.75) is 20.1 Å². The van der Waals surface area contributed by atoms with E-state index in [1.165, 1.54) is 18.5 Å². The second-order valence-corrected chi connectivity index (χ2v) is 3.47. The molecule has 0 aromatic carbocycles. The van der Waals surface area contributed by atoms with E-state index in [0.717, 1.165) is 0 Å². The molecular weight excluding hydrogens is 236 g/mol. The van der Waals surface area contributed by atoms with Crippen molar-refractivity contribution >= 4 is 5.91 Å². The lowest BCUT2D eigenvalue weighted by Gasteiger charge is -2.17. The third-order valence-electron chi connectivity index (χ3n) is 2.20. The number of hydrogen-bond acceptors (Lipinski definition) is 4. The molecule has 1 aromatic rings. The molecule has 0 aliphatic carbocycles. The third kappa shape index (κ3) is 4.31. The van der Waals surface area contributed by atoms with Crippen LogP contribution in [0.5, 0.6) is 0 Å². The van der Waals surface area contributed by atoms with E-state index in [1.807, 2.05) is 13.8 Å². The number of amides is 1. The second-order valence-electron chi connectivity index (χ2n) is 3.47. The van der Waals surface area contributed by atoms with Crippen LogP contribution in [0.15, 0.2) is 23.3 Å². The highest BCUT2D eigenvalue weighted by molar-refractivity contribution is 5.93. The van der Waals surface area contributed by atoms with Gasteiger partial charge in [0.05, 0.1) is 6.54 Å². The van der Waals surface area contributed by atoms with Crippen LogP contribution in [0.2, 0.25) is 0 Å². The standard InChI is InChI=1S/C12H18N2O4/c1-3-17-11(18-4-2)8-14-12(16)9-7-13-6-5-10(9)15/h5-7,11H,3-4,8H2,1-2H3,(H,13,15)(H,14,16). The summed E-state index contributed by atoms with van der Waals surface area (Å²) in [5.74, 6) is -0.443. The molecule has 18 heavy (non-hydrogen) atoms. The Morgan fingerprint density at radius 3 is 2.61 bits per heavy atom. The molecule has 100 valence electrons. The average molecular weight is 254 g/mol. The highest BCUT2D eigenvalue weighted by Crippen LogP contribution is 1.95. The van der Waals surface area contributed by atoms with E-state index in [4.69, 9.17) is 9.47 Å². The third-order valence-corrected chi connectivity index (χ3v) is 2.20. The molecule has 6 heteroatoms. The Bertz CT molecular complexity index is 424. The lowest BCUT2D eigenvalue weighted by atomic mass is 10.2. The van der Waals surface area contributed by atoms with E-state index < -0.39 is 12.2 Å². The smallest absolute Gasteiger partial charge is 0.256 e. The van der Waals surface area contributed by atoms with Crippen LogP contribution in [0.4, 0.5) is 0 Å². The average Bonchev–Trinajstić information content (AvgIpc) is 2.36. The van der Waals surface area contributed by atoms with Gasteiger partial charge in [-0.05, 0) is 13.8 Å². The van der Waals surface area contributed by atoms with Gasteiger partial charge in [-0.2, -0.15) is 0 Å². The topological polar surface area (TPSA) is 80.4 Å². The van der Waals surface area contributed by atoms with Crippen LogP contribution in [-0.4, -0.2) is 36.9 Å². The highest BCUT2D eigenvalue weighted by atomic mass is 16.7. The van der Waals surface area contributed by atoms with Gasteiger partial charge in [0.25, 0.3) is 5.91 Å². The molecule has 0 saturated carbocycles. The first-order valence-electron chi connectivity index (χ1n) is 5.87. The normalized spacial score (nSPS) is 10.6. The largest absolute Gasteiger partial charge is 0.367 e. The number of rotatable bonds is 7. The second kappa shape index (κ2) is 7.62. The Morgan fingerprint density at radius 2 is 2.06 bits per heavy atom. The predicted octanol–water partition coefficient (Wildman–Crippen LogP) is 0.504. The first-order chi connectivity index (χ1) is 8.69. The summed E-state index contributed by atoms with van der Waals surface area (Å²) in [7, 11) is 0. The molecule has 0 atom stereocenters. The molecule has 2 N–H and O–H groups in total. The Labute approximate surface area is 105 Å². The molecule has 0 spiro atoms. The van der Waals surface area contributed by atoms with E-state index in [9.17, 15) is 9.59 Å². The summed E-state index contributed by atoms with van der Waals surface area (Å²) in [5, 5.41) is 2.60. The zero-order valence-electron chi connectivity index (χ0n) is 10.6. The molecule has 0 aliphatic rings. The zero-order valence-corrected chi connectivity index (χ0v) is 10.6. The number of nitrogens with one attached hydrogen (secondary N) is 2. The summed E-state index contributed by atoms with van der Waals surface area (Å²) >= 11 is 0. The number of pyridine rings is 1. The number of ether oxygens (including phenoxy) is 2. The monoisotopic (exact) mass is 254 g/mol. The molecule has 0 unspecified atom stereocenters. The molecule has 0 aliphatic heterocycles. The predicted molar refractivity (Wildman–Crippen MR) is 66.4 cm³/mol. The van der Waals surface area contributed by atoms with Crippen LogP contribution in [0.1, 0.15) is 24.2 Å². The number of carbonyl (C=O) groups excluding carboxylic acids is 1. The van der Waals surface area contributed by atoms with Crippen molar-refractivity contribution < 1.29 is 14.3 Å². The summed E-state index contributed by atoms with van der Waals surface area (Å²) in [6.07, 6.45) is 2.35. The first-order valence-corrected chi connectivity index (χ1v) is 5.87. The fraction of sp³-hybridized carbons (Fsp3) is 0.500. The molecule has 6 nitrogen and oxygen atoms in total. The van der Waals surface area contributed by atoms with Crippen LogP contribution in [0.25, 0.3) is 0 Å². The minimum absolute atomic E-state index is 0.0734. The minimum atomic E-state index is -0.494. The Hall–Kier alpha value is -1.66. The van der Waals surface area contributed by atoms with Gasteiger partial charge in [-0.1, -0.05) is 0 Å². The Morgan fingerprint density at radius 1 is 1.39 bits per heavy atom. The minimum Gasteiger partial charge on any atom is -0.367 e. The van der Waals surface area contributed by atoms with Crippen LogP contribution >= 0.6 is 0 Å². The van der Waals surface area contributed by atoms with E-state index in [-0.39, 0.29) is 17.5 Å². The molecule has 0 radical (unpaired) electrons. The summed E-state index contributed by atoms with van der Waals surface area (Å²) in [6.45, 7) is 4.87. The summed E-state index contributed by atoms with van der Waals surface area (Å²) in [4.78, 5) is 25.8. The maximum atomic E-state index is 11.7. The summed E-state index contributed by atoms with van der Waals surface area (Å²) < 4.78 is 10.6. The number of carbonyl (C=O) groups is 1. The maximum absolute atomic E-state index is 11.7. The van der Waals surface area contributed by atoms with Crippen LogP contribution in [0.3, 0.4) is 0 Å². The van der Waals surface area contributed by atoms with E-state index in [0.29, 0.717) is 13.2 Å². The lowest BCUT2D eigenvalue weighted by Crippen LogP contribution is -2.37. The Kier molecular flexibility index (Phi) is 6.10. The number of hydrogen-bond donors (Lipinski definition) is 2. The van der Waals surface area contributed by atoms with Gasteiger partial charge in [-0.3, -0.25) is 9.59 Å². The summed E-state index contributed by atoms with van der Waals surface area (Å²) in [5.41, 5.74) is -0.250. The van der Waals surface area contributed by atoms with E-state index in [1.54, 1.807) is 0 Å². The Balaban J connectivity index is 2.54. The SMILES string of the molecule is CCOC(CNC(=O)c1c[nH]ccc1=O)OCC. The van der Waals surface area contributed by atoms with Crippen LogP contribution < -0.4 is 10.7 Å². The van der Waals surface area contributed by atoms with Gasteiger partial charge in [-0.15, -0.1) is 0 Å². The molecule has 0 bridgehead atoms. The van der Waals surface area contributed by atoms with Crippen molar-refractivity contribution in [3.05, 3.63) is 34.2 Å². The van der Waals surface area contributed by atoms with Crippen molar-refractivity contribution in [2.75, 3.05) is 19.8 Å². The highest BCUT2D eigenvalue weighted by Gasteiger charge is 2.13. The quantitative estimate of drug-likeness (QED) is 0.694. The van der Waals surface area contributed by atoms with Gasteiger partial charge in [-0.25, -0.2) is 0 Å². The van der Waals surface area contributed by atoms with Crippen molar-refractivity contribution in [1.82, 2.24) is 10.3 Å². The maximum Gasteiger partial charge on any atom is 0.256 e. The first kappa shape index (κ1) is 14.4. The fourth-order valence-corrected chi connectivity index (χ4v) is 1.40. The van der Waals surface area contributed by atoms with E-state index in [2.05, 4.69) is 10.3 Å². The molecule has 1 aromatic heterocycles. The number of H-pyrrole nitrogens is 1. The molecule has 1 heterocycles. The van der Waals surface area contributed by atoms with E-state index >= 15 is 0 Å². The van der Waals surface area contributed by atoms with Crippen molar-refractivity contribution in [1.29, 1.82) is 0 Å². The van der Waals surface area contributed by atoms with Crippen molar-refractivity contribution in [2.24, 2.45) is 0 Å². The van der Waals surface area contributed by atoms with Crippen molar-refractivity contribution in [3.63, 3.8) is 0 Å². The van der Waals surface area contributed by atoms with Crippen LogP contribution in [0, 0.1) is 0 Å². The lowest BCUT2D eigenvalue weighted by molar-refractivity contribution is -0.131. The molecular formula is C12H18N2O4. The molecule has 1 amide bonds. The number of aromatic nitrogens is 1. The summed E-state index contributed by atoms with van der Waals surface area (Å²) in [6, 6.07) is 1.30. The van der Waals surface area contributed by atoms with Gasteiger partial charge in [0, 0.05) is 31.7 Å². The molecule has 0 saturated heterocycles. The van der Waals surface area contributed by atoms with Crippen LogP contribution in [-0.2, 0) is 9.47 Å². The van der Waals surface area contributed by atoms with Gasteiger partial charge in [0.1, 0.15) is 5.56 Å². The number of aromatic amines is 1. The molecule has 0 fully saturated rings. The zero-order chi connectivity index (χ0) is 13.4. The van der Waals surface area contributed by atoms with Crippen molar-refractivity contribution in [3.8, 4) is 0 Å². The van der Waals surface area contributed by atoms with Gasteiger partial charge >= 0.3 is 0 Å².